The number of hydrogen-bond donors (Lipinski definition) is 1. The van der Waals surface area contributed by atoms with Gasteiger partial charge in [0, 0.05) is 24.7 Å². The van der Waals surface area contributed by atoms with Gasteiger partial charge in [-0.1, -0.05) is 13.8 Å². The maximum Gasteiger partial charge on any atom is 0.243 e. The first-order valence-electron chi connectivity index (χ1n) is 6.70. The molecule has 20 heavy (non-hydrogen) atoms. The van der Waals surface area contributed by atoms with Crippen LogP contribution in [0.1, 0.15) is 33.3 Å². The summed E-state index contributed by atoms with van der Waals surface area (Å²) in [6, 6.07) is 3.61. The Morgan fingerprint density at radius 2 is 1.85 bits per heavy atom. The smallest absolute Gasteiger partial charge is 0.243 e. The highest BCUT2D eigenvalue weighted by molar-refractivity contribution is 7.89. The van der Waals surface area contributed by atoms with E-state index < -0.39 is 15.8 Å². The lowest BCUT2D eigenvalue weighted by Gasteiger charge is -2.27. The molecule has 0 heterocycles. The van der Waals surface area contributed by atoms with Crippen molar-refractivity contribution in [2.45, 2.75) is 45.2 Å². The first kappa shape index (κ1) is 17.1. The van der Waals surface area contributed by atoms with Crippen LogP contribution in [0.25, 0.3) is 0 Å². The minimum Gasteiger partial charge on any atom is -0.326 e. The average molecular weight is 302 g/mol. The van der Waals surface area contributed by atoms with E-state index >= 15 is 0 Å². The lowest BCUT2D eigenvalue weighted by atomic mass is 10.2. The van der Waals surface area contributed by atoms with Crippen LogP contribution in [-0.4, -0.2) is 25.3 Å². The van der Waals surface area contributed by atoms with E-state index in [9.17, 15) is 12.8 Å². The van der Waals surface area contributed by atoms with Crippen molar-refractivity contribution in [3.8, 4) is 0 Å². The molecule has 0 saturated carbocycles. The molecule has 0 atom stereocenters. The number of rotatable bonds is 6. The minimum atomic E-state index is -3.63. The van der Waals surface area contributed by atoms with Crippen molar-refractivity contribution in [2.75, 3.05) is 6.54 Å². The molecule has 0 aromatic heterocycles. The van der Waals surface area contributed by atoms with Crippen molar-refractivity contribution in [3.05, 3.63) is 29.6 Å². The van der Waals surface area contributed by atoms with E-state index in [0.29, 0.717) is 6.54 Å². The maximum absolute atomic E-state index is 13.4. The summed E-state index contributed by atoms with van der Waals surface area (Å²) in [6.45, 7) is 7.97. The largest absolute Gasteiger partial charge is 0.326 e. The third-order valence-electron chi connectivity index (χ3n) is 2.96. The van der Waals surface area contributed by atoms with Crippen LogP contribution in [0.5, 0.6) is 0 Å². The zero-order valence-corrected chi connectivity index (χ0v) is 13.2. The lowest BCUT2D eigenvalue weighted by Crippen LogP contribution is -2.39. The van der Waals surface area contributed by atoms with Crippen LogP contribution < -0.4 is 5.73 Å². The Labute approximate surface area is 120 Å². The second-order valence-corrected chi connectivity index (χ2v) is 7.41. The minimum absolute atomic E-state index is 0.0267. The van der Waals surface area contributed by atoms with Gasteiger partial charge in [-0.05, 0) is 38.0 Å². The monoisotopic (exact) mass is 302 g/mol. The van der Waals surface area contributed by atoms with Crippen LogP contribution in [0.4, 0.5) is 4.39 Å². The van der Waals surface area contributed by atoms with Crippen molar-refractivity contribution in [2.24, 2.45) is 11.7 Å². The normalized spacial score (nSPS) is 12.7. The fourth-order valence-corrected chi connectivity index (χ4v) is 3.80. The molecule has 2 N–H and O–H groups in total. The van der Waals surface area contributed by atoms with E-state index in [1.54, 1.807) is 0 Å². The van der Waals surface area contributed by atoms with Gasteiger partial charge >= 0.3 is 0 Å². The van der Waals surface area contributed by atoms with Gasteiger partial charge in [0.25, 0.3) is 0 Å². The van der Waals surface area contributed by atoms with E-state index in [0.717, 1.165) is 6.07 Å². The van der Waals surface area contributed by atoms with Crippen molar-refractivity contribution in [1.29, 1.82) is 0 Å². The predicted octanol–water partition coefficient (Wildman–Crippen LogP) is 2.34. The van der Waals surface area contributed by atoms with Crippen molar-refractivity contribution in [3.63, 3.8) is 0 Å². The van der Waals surface area contributed by atoms with Crippen molar-refractivity contribution < 1.29 is 12.8 Å². The molecule has 1 aromatic carbocycles. The second kappa shape index (κ2) is 6.65. The highest BCUT2D eigenvalue weighted by atomic mass is 32.2. The lowest BCUT2D eigenvalue weighted by molar-refractivity contribution is 0.319. The SMILES string of the molecule is CC(C)CN(C(C)C)S(=O)(=O)c1ccc(F)c(CN)c1. The second-order valence-electron chi connectivity index (χ2n) is 5.52. The van der Waals surface area contributed by atoms with Crippen molar-refractivity contribution in [1.82, 2.24) is 4.31 Å². The van der Waals surface area contributed by atoms with Gasteiger partial charge < -0.3 is 5.73 Å². The molecule has 1 rings (SSSR count). The zero-order valence-electron chi connectivity index (χ0n) is 12.4. The molecule has 0 bridgehead atoms. The van der Waals surface area contributed by atoms with E-state index in [1.165, 1.54) is 16.4 Å². The predicted molar refractivity (Wildman–Crippen MR) is 78.2 cm³/mol. The molecule has 0 unspecified atom stereocenters. The summed E-state index contributed by atoms with van der Waals surface area (Å²) in [5, 5.41) is 0. The highest BCUT2D eigenvalue weighted by Gasteiger charge is 2.28. The summed E-state index contributed by atoms with van der Waals surface area (Å²) < 4.78 is 40.2. The molecule has 0 fully saturated rings. The standard InChI is InChI=1S/C14H23FN2O2S/c1-10(2)9-17(11(3)4)20(18,19)13-5-6-14(15)12(7-13)8-16/h5-7,10-11H,8-9,16H2,1-4H3. The van der Waals surface area contributed by atoms with Gasteiger partial charge in [-0.15, -0.1) is 0 Å². The molecule has 4 nitrogen and oxygen atoms in total. The number of sulfonamides is 1. The van der Waals surface area contributed by atoms with Crippen LogP contribution in [0.15, 0.2) is 23.1 Å². The molecule has 0 aliphatic heterocycles. The highest BCUT2D eigenvalue weighted by Crippen LogP contribution is 2.22. The number of halogens is 1. The molecule has 0 aliphatic rings. The molecule has 0 aliphatic carbocycles. The van der Waals surface area contributed by atoms with Crippen LogP contribution in [-0.2, 0) is 16.6 Å². The summed E-state index contributed by atoms with van der Waals surface area (Å²) in [6.07, 6.45) is 0. The Bertz CT molecular complexity index is 556. The van der Waals surface area contributed by atoms with Crippen LogP contribution in [0.3, 0.4) is 0 Å². The van der Waals surface area contributed by atoms with E-state index in [2.05, 4.69) is 0 Å². The van der Waals surface area contributed by atoms with Crippen LogP contribution >= 0.6 is 0 Å². The Kier molecular flexibility index (Phi) is 5.68. The topological polar surface area (TPSA) is 63.4 Å². The Morgan fingerprint density at radius 3 is 2.30 bits per heavy atom. The van der Waals surface area contributed by atoms with Gasteiger partial charge in [0.2, 0.25) is 10.0 Å². The maximum atomic E-state index is 13.4. The van der Waals surface area contributed by atoms with Gasteiger partial charge in [-0.2, -0.15) is 4.31 Å². The number of hydrogen-bond acceptors (Lipinski definition) is 3. The molecule has 0 amide bonds. The quantitative estimate of drug-likeness (QED) is 0.877. The van der Waals surface area contributed by atoms with E-state index in [-0.39, 0.29) is 29.0 Å². The van der Waals surface area contributed by atoms with Gasteiger partial charge in [0.1, 0.15) is 5.82 Å². The average Bonchev–Trinajstić information content (AvgIpc) is 2.35. The molecule has 6 heteroatoms. The van der Waals surface area contributed by atoms with Gasteiger partial charge in [-0.3, -0.25) is 0 Å². The fraction of sp³-hybridized carbons (Fsp3) is 0.571. The summed E-state index contributed by atoms with van der Waals surface area (Å²) in [7, 11) is -3.63. The Morgan fingerprint density at radius 1 is 1.25 bits per heavy atom. The first-order valence-corrected chi connectivity index (χ1v) is 8.14. The van der Waals surface area contributed by atoms with E-state index in [1.807, 2.05) is 27.7 Å². The van der Waals surface area contributed by atoms with E-state index in [4.69, 9.17) is 5.73 Å². The van der Waals surface area contributed by atoms with Crippen LogP contribution in [0.2, 0.25) is 0 Å². The third kappa shape index (κ3) is 3.77. The Hall–Kier alpha value is -0.980. The van der Waals surface area contributed by atoms with Gasteiger partial charge in [-0.25, -0.2) is 12.8 Å². The molecular formula is C14H23FN2O2S. The molecule has 0 spiro atoms. The van der Waals surface area contributed by atoms with Gasteiger partial charge in [0.15, 0.2) is 0 Å². The summed E-state index contributed by atoms with van der Waals surface area (Å²) >= 11 is 0. The molecule has 0 saturated heterocycles. The number of benzene rings is 1. The van der Waals surface area contributed by atoms with Gasteiger partial charge in [0.05, 0.1) is 4.90 Å². The third-order valence-corrected chi connectivity index (χ3v) is 5.00. The number of nitrogens with two attached hydrogens (primary N) is 1. The first-order chi connectivity index (χ1) is 9.20. The molecule has 114 valence electrons. The zero-order chi connectivity index (χ0) is 15.5. The van der Waals surface area contributed by atoms with Crippen molar-refractivity contribution >= 4 is 10.0 Å². The molecule has 0 radical (unpaired) electrons. The molecular weight excluding hydrogens is 279 g/mol. The summed E-state index contributed by atoms with van der Waals surface area (Å²) in [5.41, 5.74) is 5.64. The Balaban J connectivity index is 3.26. The fourth-order valence-electron chi connectivity index (χ4n) is 1.95. The van der Waals surface area contributed by atoms with Crippen LogP contribution in [0, 0.1) is 11.7 Å². The molecule has 1 aromatic rings. The number of nitrogens with zero attached hydrogens (tertiary/aromatic N) is 1. The summed E-state index contributed by atoms with van der Waals surface area (Å²) in [5.74, 6) is -0.270. The summed E-state index contributed by atoms with van der Waals surface area (Å²) in [4.78, 5) is 0.0914.